The fourth-order valence-electron chi connectivity index (χ4n) is 2.03. The SMILES string of the molecule is O=C1CC(Sc2ncccn2)C(=O)N1c1ccc(Cl)cc1. The number of thioether (sulfide) groups is 1. The normalized spacial score (nSPS) is 18.3. The van der Waals surface area contributed by atoms with E-state index in [9.17, 15) is 9.59 Å². The Bertz CT molecular complexity index is 678. The zero-order valence-electron chi connectivity index (χ0n) is 10.8. The minimum Gasteiger partial charge on any atom is -0.274 e. The van der Waals surface area contributed by atoms with Gasteiger partial charge in [-0.2, -0.15) is 0 Å². The maximum atomic E-state index is 12.4. The number of carbonyl (C=O) groups excluding carboxylic acids is 2. The van der Waals surface area contributed by atoms with Gasteiger partial charge in [-0.05, 0) is 30.3 Å². The van der Waals surface area contributed by atoms with Gasteiger partial charge in [-0.1, -0.05) is 23.4 Å². The zero-order valence-corrected chi connectivity index (χ0v) is 12.3. The number of benzene rings is 1. The van der Waals surface area contributed by atoms with E-state index in [2.05, 4.69) is 9.97 Å². The molecule has 1 atom stereocenters. The van der Waals surface area contributed by atoms with Crippen LogP contribution in [0.5, 0.6) is 0 Å². The lowest BCUT2D eigenvalue weighted by molar-refractivity contribution is -0.121. The quantitative estimate of drug-likeness (QED) is 0.642. The number of nitrogens with zero attached hydrogens (tertiary/aromatic N) is 3. The van der Waals surface area contributed by atoms with Crippen LogP contribution >= 0.6 is 23.4 Å². The highest BCUT2D eigenvalue weighted by Gasteiger charge is 2.40. The van der Waals surface area contributed by atoms with Crippen LogP contribution in [0, 0.1) is 0 Å². The van der Waals surface area contributed by atoms with Crippen molar-refractivity contribution in [3.63, 3.8) is 0 Å². The number of carbonyl (C=O) groups is 2. The molecule has 0 saturated carbocycles. The van der Waals surface area contributed by atoms with Crippen LogP contribution in [-0.2, 0) is 9.59 Å². The van der Waals surface area contributed by atoms with Gasteiger partial charge in [0.15, 0.2) is 5.16 Å². The number of imide groups is 1. The van der Waals surface area contributed by atoms with E-state index in [4.69, 9.17) is 11.6 Å². The lowest BCUT2D eigenvalue weighted by Crippen LogP contribution is -2.31. The third-order valence-electron chi connectivity index (χ3n) is 2.98. The Morgan fingerprint density at radius 3 is 2.48 bits per heavy atom. The van der Waals surface area contributed by atoms with E-state index >= 15 is 0 Å². The van der Waals surface area contributed by atoms with E-state index in [0.29, 0.717) is 15.9 Å². The molecule has 1 fully saturated rings. The molecule has 1 unspecified atom stereocenters. The van der Waals surface area contributed by atoms with Crippen molar-refractivity contribution < 1.29 is 9.59 Å². The first kappa shape index (κ1) is 14.0. The number of hydrogen-bond donors (Lipinski definition) is 0. The highest BCUT2D eigenvalue weighted by atomic mass is 35.5. The van der Waals surface area contributed by atoms with Crippen LogP contribution in [0.3, 0.4) is 0 Å². The molecule has 21 heavy (non-hydrogen) atoms. The van der Waals surface area contributed by atoms with Gasteiger partial charge in [-0.3, -0.25) is 9.59 Å². The molecule has 1 saturated heterocycles. The maximum Gasteiger partial charge on any atom is 0.247 e. The fourth-order valence-corrected chi connectivity index (χ4v) is 3.09. The van der Waals surface area contributed by atoms with Gasteiger partial charge >= 0.3 is 0 Å². The summed E-state index contributed by atoms with van der Waals surface area (Å²) < 4.78 is 0. The number of amides is 2. The Morgan fingerprint density at radius 1 is 1.14 bits per heavy atom. The van der Waals surface area contributed by atoms with E-state index in [-0.39, 0.29) is 18.2 Å². The van der Waals surface area contributed by atoms with Gasteiger partial charge in [0.05, 0.1) is 5.69 Å². The Kier molecular flexibility index (Phi) is 3.90. The van der Waals surface area contributed by atoms with Crippen molar-refractivity contribution in [3.05, 3.63) is 47.7 Å². The number of hydrogen-bond acceptors (Lipinski definition) is 5. The molecule has 3 rings (SSSR count). The molecular formula is C14H10ClN3O2S. The summed E-state index contributed by atoms with van der Waals surface area (Å²) in [5.41, 5.74) is 0.534. The summed E-state index contributed by atoms with van der Waals surface area (Å²) in [6.45, 7) is 0. The second-order valence-electron chi connectivity index (χ2n) is 4.39. The van der Waals surface area contributed by atoms with Gasteiger partial charge in [-0.15, -0.1) is 0 Å². The standard InChI is InChI=1S/C14H10ClN3O2S/c15-9-2-4-10(5-3-9)18-12(19)8-11(13(18)20)21-14-16-6-1-7-17-14/h1-7,11H,8H2. The van der Waals surface area contributed by atoms with Crippen LogP contribution < -0.4 is 4.90 Å². The molecule has 0 radical (unpaired) electrons. The van der Waals surface area contributed by atoms with Gasteiger partial charge in [-0.25, -0.2) is 14.9 Å². The average Bonchev–Trinajstić information content (AvgIpc) is 2.76. The molecule has 0 N–H and O–H groups in total. The average molecular weight is 320 g/mol. The van der Waals surface area contributed by atoms with Crippen molar-refractivity contribution in [3.8, 4) is 0 Å². The summed E-state index contributed by atoms with van der Waals surface area (Å²) in [5.74, 6) is -0.476. The summed E-state index contributed by atoms with van der Waals surface area (Å²) in [4.78, 5) is 33.8. The Morgan fingerprint density at radius 2 is 1.81 bits per heavy atom. The number of aromatic nitrogens is 2. The largest absolute Gasteiger partial charge is 0.274 e. The van der Waals surface area contributed by atoms with Crippen LogP contribution in [0.1, 0.15) is 6.42 Å². The van der Waals surface area contributed by atoms with Crippen LogP contribution in [0.2, 0.25) is 5.02 Å². The number of halogens is 1. The van der Waals surface area contributed by atoms with Crippen molar-refractivity contribution in [1.29, 1.82) is 0 Å². The topological polar surface area (TPSA) is 63.2 Å². The molecular weight excluding hydrogens is 310 g/mol. The molecule has 1 aliphatic rings. The molecule has 106 valence electrons. The molecule has 2 amide bonds. The van der Waals surface area contributed by atoms with Gasteiger partial charge in [0, 0.05) is 23.8 Å². The van der Waals surface area contributed by atoms with Crippen molar-refractivity contribution in [2.45, 2.75) is 16.8 Å². The monoisotopic (exact) mass is 319 g/mol. The molecule has 0 bridgehead atoms. The molecule has 2 aromatic rings. The molecule has 0 aliphatic carbocycles. The van der Waals surface area contributed by atoms with Gasteiger partial charge in [0.1, 0.15) is 5.25 Å². The Hall–Kier alpha value is -1.92. The second-order valence-corrected chi connectivity index (χ2v) is 5.99. The van der Waals surface area contributed by atoms with E-state index in [1.165, 1.54) is 16.7 Å². The molecule has 5 nitrogen and oxygen atoms in total. The van der Waals surface area contributed by atoms with E-state index < -0.39 is 5.25 Å². The van der Waals surface area contributed by atoms with Gasteiger partial charge in [0.25, 0.3) is 0 Å². The minimum atomic E-state index is -0.490. The molecule has 7 heteroatoms. The number of rotatable bonds is 3. The first-order chi connectivity index (χ1) is 10.1. The first-order valence-electron chi connectivity index (χ1n) is 6.21. The lowest BCUT2D eigenvalue weighted by Gasteiger charge is -2.14. The van der Waals surface area contributed by atoms with E-state index in [1.807, 2.05) is 0 Å². The molecule has 1 aromatic carbocycles. The van der Waals surface area contributed by atoms with Crippen LogP contribution in [0.15, 0.2) is 47.9 Å². The predicted molar refractivity (Wildman–Crippen MR) is 80.2 cm³/mol. The molecule has 0 spiro atoms. The van der Waals surface area contributed by atoms with E-state index in [0.717, 1.165) is 0 Å². The summed E-state index contributed by atoms with van der Waals surface area (Å²) in [6, 6.07) is 8.32. The van der Waals surface area contributed by atoms with Crippen molar-refractivity contribution >= 4 is 40.9 Å². The third-order valence-corrected chi connectivity index (χ3v) is 4.31. The Labute approximate surface area is 130 Å². The smallest absolute Gasteiger partial charge is 0.247 e. The van der Waals surface area contributed by atoms with Crippen molar-refractivity contribution in [1.82, 2.24) is 9.97 Å². The highest BCUT2D eigenvalue weighted by Crippen LogP contribution is 2.32. The molecule has 2 heterocycles. The summed E-state index contributed by atoms with van der Waals surface area (Å²) in [5, 5.41) is 0.554. The lowest BCUT2D eigenvalue weighted by atomic mass is 10.3. The van der Waals surface area contributed by atoms with Crippen LogP contribution in [-0.4, -0.2) is 27.0 Å². The summed E-state index contributed by atoms with van der Waals surface area (Å²) in [6.07, 6.45) is 3.35. The van der Waals surface area contributed by atoms with Gasteiger partial charge < -0.3 is 0 Å². The predicted octanol–water partition coefficient (Wildman–Crippen LogP) is 2.55. The maximum absolute atomic E-state index is 12.4. The van der Waals surface area contributed by atoms with E-state index in [1.54, 1.807) is 42.7 Å². The second kappa shape index (κ2) is 5.83. The van der Waals surface area contributed by atoms with Crippen LogP contribution in [0.4, 0.5) is 5.69 Å². The Balaban J connectivity index is 1.80. The number of anilines is 1. The summed E-state index contributed by atoms with van der Waals surface area (Å²) >= 11 is 7.02. The first-order valence-corrected chi connectivity index (χ1v) is 7.47. The summed E-state index contributed by atoms with van der Waals surface area (Å²) in [7, 11) is 0. The van der Waals surface area contributed by atoms with Gasteiger partial charge in [0.2, 0.25) is 11.8 Å². The minimum absolute atomic E-state index is 0.143. The fraction of sp³-hybridized carbons (Fsp3) is 0.143. The third kappa shape index (κ3) is 2.91. The molecule has 1 aliphatic heterocycles. The molecule has 1 aromatic heterocycles. The van der Waals surface area contributed by atoms with Crippen molar-refractivity contribution in [2.75, 3.05) is 4.90 Å². The zero-order chi connectivity index (χ0) is 14.8. The van der Waals surface area contributed by atoms with Crippen molar-refractivity contribution in [2.24, 2.45) is 0 Å². The van der Waals surface area contributed by atoms with Crippen LogP contribution in [0.25, 0.3) is 0 Å². The highest BCUT2D eigenvalue weighted by molar-refractivity contribution is 8.00.